The highest BCUT2D eigenvalue weighted by Gasteiger charge is 2.45. The molecule has 0 fully saturated rings. The molecule has 0 aliphatic carbocycles. The molecular formula is C26H23ClN4O4S. The van der Waals surface area contributed by atoms with Crippen LogP contribution in [0.2, 0.25) is 5.02 Å². The number of aromatic nitrogens is 1. The van der Waals surface area contributed by atoms with E-state index in [0.29, 0.717) is 10.7 Å². The Kier molecular flexibility index (Phi) is 5.80. The number of ether oxygens (including phenoxy) is 1. The lowest BCUT2D eigenvalue weighted by molar-refractivity contribution is -0.135. The molecule has 0 saturated carbocycles. The minimum absolute atomic E-state index is 0.00962. The Morgan fingerprint density at radius 2 is 1.92 bits per heavy atom. The molecule has 3 heterocycles. The number of aliphatic imine (C=N–C) groups is 1. The van der Waals surface area contributed by atoms with E-state index in [2.05, 4.69) is 46.8 Å². The number of benzene rings is 2. The van der Waals surface area contributed by atoms with Crippen molar-refractivity contribution in [3.05, 3.63) is 69.6 Å². The standard InChI is InChI=1S/C26H23ClN4O4S/c1-25(2)13-26(3,14-8-10-15(27)11-9-14)17-7-5-6-16-20(23(34)31(25)21(16)17)29-30-24-28-22(33)18(36-24)12-19(32)35-4/h5-12,34H,13H2,1-4H3. The van der Waals surface area contributed by atoms with Gasteiger partial charge in [0.2, 0.25) is 11.0 Å². The second-order valence-electron chi connectivity index (χ2n) is 9.57. The number of amidine groups is 1. The van der Waals surface area contributed by atoms with Crippen molar-refractivity contribution < 1.29 is 19.4 Å². The van der Waals surface area contributed by atoms with Gasteiger partial charge in [0.25, 0.3) is 5.91 Å². The molecule has 1 N–H and O–H groups in total. The van der Waals surface area contributed by atoms with Crippen LogP contribution in [0.3, 0.4) is 0 Å². The van der Waals surface area contributed by atoms with Gasteiger partial charge in [0.05, 0.1) is 17.5 Å². The summed E-state index contributed by atoms with van der Waals surface area (Å²) in [7, 11) is 1.23. The molecule has 0 saturated heterocycles. The van der Waals surface area contributed by atoms with Crippen molar-refractivity contribution >= 4 is 57.0 Å². The summed E-state index contributed by atoms with van der Waals surface area (Å²) in [6.45, 7) is 6.36. The number of aromatic hydroxyl groups is 1. The number of rotatable bonds is 3. The summed E-state index contributed by atoms with van der Waals surface area (Å²) < 4.78 is 6.47. The summed E-state index contributed by atoms with van der Waals surface area (Å²) in [5, 5.41) is 21.2. The van der Waals surface area contributed by atoms with E-state index in [1.807, 2.05) is 41.0 Å². The molecule has 184 valence electrons. The van der Waals surface area contributed by atoms with Gasteiger partial charge >= 0.3 is 5.97 Å². The Balaban J connectivity index is 1.62. The van der Waals surface area contributed by atoms with Gasteiger partial charge in [0.15, 0.2) is 5.69 Å². The molecule has 0 spiro atoms. The topological polar surface area (TPSA) is 106 Å². The highest BCUT2D eigenvalue weighted by molar-refractivity contribution is 8.18. The molecule has 10 heteroatoms. The van der Waals surface area contributed by atoms with Crippen LogP contribution in [0.5, 0.6) is 5.88 Å². The number of halogens is 1. The van der Waals surface area contributed by atoms with E-state index < -0.39 is 17.4 Å². The van der Waals surface area contributed by atoms with Crippen LogP contribution in [0.25, 0.3) is 10.9 Å². The number of nitrogens with zero attached hydrogens (tertiary/aromatic N) is 4. The first-order valence-electron chi connectivity index (χ1n) is 11.2. The maximum atomic E-state index is 12.1. The predicted octanol–water partition coefficient (Wildman–Crippen LogP) is 6.22. The van der Waals surface area contributed by atoms with Crippen LogP contribution in [-0.4, -0.2) is 33.8 Å². The number of esters is 1. The summed E-state index contributed by atoms with van der Waals surface area (Å²) in [6.07, 6.45) is 1.79. The SMILES string of the molecule is COC(=O)C=C1SC(N=Nc2c(O)n3c4c(cccc24)C(C)(c2ccc(Cl)cc2)CC3(C)C)=NC1=O. The fraction of sp³-hybridized carbons (Fsp3) is 0.269. The van der Waals surface area contributed by atoms with E-state index in [9.17, 15) is 14.7 Å². The number of thioether (sulfide) groups is 1. The third-order valence-corrected chi connectivity index (χ3v) is 7.82. The molecule has 1 amide bonds. The number of amides is 1. The first kappa shape index (κ1) is 24.3. The lowest BCUT2D eigenvalue weighted by Crippen LogP contribution is -2.41. The Labute approximate surface area is 216 Å². The largest absolute Gasteiger partial charge is 0.493 e. The number of para-hydroxylation sites is 1. The first-order valence-corrected chi connectivity index (χ1v) is 12.4. The van der Waals surface area contributed by atoms with Gasteiger partial charge in [0.1, 0.15) is 0 Å². The van der Waals surface area contributed by atoms with Crippen molar-refractivity contribution in [1.82, 2.24) is 4.57 Å². The number of hydrogen-bond donors (Lipinski definition) is 1. The maximum absolute atomic E-state index is 12.1. The van der Waals surface area contributed by atoms with Crippen molar-refractivity contribution in [3.63, 3.8) is 0 Å². The summed E-state index contributed by atoms with van der Waals surface area (Å²) in [6, 6.07) is 13.8. The molecule has 5 rings (SSSR count). The zero-order valence-electron chi connectivity index (χ0n) is 20.1. The summed E-state index contributed by atoms with van der Waals surface area (Å²) in [5.74, 6) is -1.26. The Morgan fingerprint density at radius 3 is 2.61 bits per heavy atom. The van der Waals surface area contributed by atoms with Crippen LogP contribution in [0.15, 0.2) is 68.7 Å². The van der Waals surface area contributed by atoms with E-state index in [1.165, 1.54) is 7.11 Å². The van der Waals surface area contributed by atoms with Crippen LogP contribution in [-0.2, 0) is 25.3 Å². The molecule has 0 radical (unpaired) electrons. The highest BCUT2D eigenvalue weighted by atomic mass is 35.5. The van der Waals surface area contributed by atoms with Crippen molar-refractivity contribution in [3.8, 4) is 5.88 Å². The number of carbonyl (C=O) groups excluding carboxylic acids is 2. The molecular weight excluding hydrogens is 500 g/mol. The van der Waals surface area contributed by atoms with Crippen molar-refractivity contribution in [2.24, 2.45) is 15.2 Å². The normalized spacial score (nSPS) is 22.0. The second-order valence-corrected chi connectivity index (χ2v) is 11.0. The summed E-state index contributed by atoms with van der Waals surface area (Å²) in [5.41, 5.74) is 2.56. The quantitative estimate of drug-likeness (QED) is 0.250. The van der Waals surface area contributed by atoms with Gasteiger partial charge in [-0.05, 0) is 55.3 Å². The van der Waals surface area contributed by atoms with Gasteiger partial charge in [-0.3, -0.25) is 4.79 Å². The third-order valence-electron chi connectivity index (χ3n) is 6.70. The number of methoxy groups -OCH3 is 1. The lowest BCUT2D eigenvalue weighted by atomic mass is 9.66. The second kappa shape index (κ2) is 8.60. The fourth-order valence-corrected chi connectivity index (χ4v) is 6.08. The van der Waals surface area contributed by atoms with E-state index in [1.54, 1.807) is 0 Å². The molecule has 2 aromatic carbocycles. The summed E-state index contributed by atoms with van der Waals surface area (Å²) in [4.78, 5) is 27.5. The number of hydrogen-bond acceptors (Lipinski definition) is 7. The van der Waals surface area contributed by atoms with Gasteiger partial charge in [-0.1, -0.05) is 48.9 Å². The first-order chi connectivity index (χ1) is 17.0. The van der Waals surface area contributed by atoms with Crippen molar-refractivity contribution in [1.29, 1.82) is 0 Å². The lowest BCUT2D eigenvalue weighted by Gasteiger charge is -2.45. The molecule has 2 aliphatic rings. The Hall–Kier alpha value is -3.43. The monoisotopic (exact) mass is 522 g/mol. The zero-order valence-corrected chi connectivity index (χ0v) is 21.6. The predicted molar refractivity (Wildman–Crippen MR) is 140 cm³/mol. The van der Waals surface area contributed by atoms with Crippen molar-refractivity contribution in [2.45, 2.75) is 38.1 Å². The van der Waals surface area contributed by atoms with Crippen LogP contribution >= 0.6 is 23.4 Å². The van der Waals surface area contributed by atoms with Crippen molar-refractivity contribution in [2.75, 3.05) is 7.11 Å². The highest BCUT2D eigenvalue weighted by Crippen LogP contribution is 2.54. The van der Waals surface area contributed by atoms with Crippen LogP contribution in [0, 0.1) is 0 Å². The third kappa shape index (κ3) is 3.83. The van der Waals surface area contributed by atoms with E-state index >= 15 is 0 Å². The number of azo groups is 1. The minimum atomic E-state index is -0.656. The average molecular weight is 523 g/mol. The molecule has 1 atom stereocenters. The van der Waals surface area contributed by atoms with Gasteiger partial charge in [-0.2, -0.15) is 4.99 Å². The smallest absolute Gasteiger partial charge is 0.331 e. The average Bonchev–Trinajstić information content (AvgIpc) is 3.32. The molecule has 0 bridgehead atoms. The maximum Gasteiger partial charge on any atom is 0.331 e. The molecule has 3 aromatic rings. The number of carbonyl (C=O) groups is 2. The molecule has 1 aromatic heterocycles. The van der Waals surface area contributed by atoms with Gasteiger partial charge in [-0.15, -0.1) is 10.2 Å². The molecule has 1 unspecified atom stereocenters. The zero-order chi connectivity index (χ0) is 25.8. The molecule has 36 heavy (non-hydrogen) atoms. The van der Waals surface area contributed by atoms with E-state index in [4.69, 9.17) is 11.6 Å². The van der Waals surface area contributed by atoms with E-state index in [0.717, 1.165) is 46.3 Å². The molecule has 8 nitrogen and oxygen atoms in total. The van der Waals surface area contributed by atoms with Crippen LogP contribution in [0.4, 0.5) is 5.69 Å². The molecule has 2 aliphatic heterocycles. The van der Waals surface area contributed by atoms with Crippen LogP contribution < -0.4 is 0 Å². The van der Waals surface area contributed by atoms with Crippen LogP contribution in [0.1, 0.15) is 38.3 Å². The minimum Gasteiger partial charge on any atom is -0.493 e. The van der Waals surface area contributed by atoms with Gasteiger partial charge < -0.3 is 14.4 Å². The fourth-order valence-electron chi connectivity index (χ4n) is 5.26. The van der Waals surface area contributed by atoms with Gasteiger partial charge in [0, 0.05) is 27.4 Å². The Bertz CT molecular complexity index is 1520. The van der Waals surface area contributed by atoms with E-state index in [-0.39, 0.29) is 21.4 Å². The Morgan fingerprint density at radius 1 is 1.19 bits per heavy atom. The summed E-state index contributed by atoms with van der Waals surface area (Å²) >= 11 is 7.08. The van der Waals surface area contributed by atoms with Gasteiger partial charge in [-0.25, -0.2) is 4.79 Å².